The highest BCUT2D eigenvalue weighted by molar-refractivity contribution is 5.89. The molecule has 0 amide bonds. The van der Waals surface area contributed by atoms with Gasteiger partial charge < -0.3 is 19.1 Å². The lowest BCUT2D eigenvalue weighted by Gasteiger charge is -2.38. The van der Waals surface area contributed by atoms with Gasteiger partial charge in [-0.2, -0.15) is 0 Å². The standard InChI is InChI=1S/C37H38N8O/c46-35(33(42-17-3-1-4-18-42)25-44-21-9-13-31(44)29-23-27-11-7-15-38-36(27)40-29)34(43-19-5-2-6-20-43)26-45-22-10-14-32(45)30-24-28-12-8-16-39-37(28)41-30/h1-3,5,7-16,21-24,33-34H,4,6,17-20,25-26H2,(H,38,40)(H,39,41). The summed E-state index contributed by atoms with van der Waals surface area (Å²) in [6.45, 7) is 4.42. The SMILES string of the molecule is O=C(C(Cn1cccc1-c1cc2cccnc2[nH]1)N1CC=CCC1)C(Cn1cccc1-c1cc2cccnc2[nH]1)N1CC=CCC1. The average Bonchev–Trinajstić information content (AvgIpc) is 3.92. The van der Waals surface area contributed by atoms with Gasteiger partial charge in [-0.15, -0.1) is 0 Å². The van der Waals surface area contributed by atoms with Crippen molar-refractivity contribution in [3.8, 4) is 22.8 Å². The van der Waals surface area contributed by atoms with Gasteiger partial charge in [0.05, 0.1) is 34.9 Å². The van der Waals surface area contributed by atoms with E-state index in [1.165, 1.54) is 0 Å². The summed E-state index contributed by atoms with van der Waals surface area (Å²) in [5.41, 5.74) is 5.86. The summed E-state index contributed by atoms with van der Waals surface area (Å²) in [5.74, 6) is 0.265. The zero-order chi connectivity index (χ0) is 30.9. The van der Waals surface area contributed by atoms with Crippen LogP contribution < -0.4 is 0 Å². The van der Waals surface area contributed by atoms with Crippen LogP contribution in [0.15, 0.2) is 110 Å². The Morgan fingerprint density at radius 2 is 1.17 bits per heavy atom. The van der Waals surface area contributed by atoms with Crippen LogP contribution >= 0.6 is 0 Å². The first-order valence-corrected chi connectivity index (χ1v) is 16.2. The fourth-order valence-electron chi connectivity index (χ4n) is 7.08. The Bertz CT molecular complexity index is 1830. The molecule has 232 valence electrons. The van der Waals surface area contributed by atoms with Crippen molar-refractivity contribution in [2.75, 3.05) is 26.2 Å². The first-order chi connectivity index (χ1) is 22.7. The number of nitrogens with zero attached hydrogens (tertiary/aromatic N) is 6. The lowest BCUT2D eigenvalue weighted by Crippen LogP contribution is -2.55. The molecule has 0 saturated carbocycles. The van der Waals surface area contributed by atoms with Gasteiger partial charge in [-0.05, 0) is 73.5 Å². The summed E-state index contributed by atoms with van der Waals surface area (Å²) in [5, 5.41) is 2.15. The van der Waals surface area contributed by atoms with Crippen LogP contribution in [0.1, 0.15) is 12.8 Å². The fraction of sp³-hybridized carbons (Fsp3) is 0.270. The number of Topliss-reactive ketones (excluding diaryl/α,β-unsaturated/α-hetero) is 1. The van der Waals surface area contributed by atoms with Crippen molar-refractivity contribution in [3.05, 3.63) is 110 Å². The van der Waals surface area contributed by atoms with Gasteiger partial charge in [0.15, 0.2) is 5.78 Å². The summed E-state index contributed by atoms with van der Waals surface area (Å²) >= 11 is 0. The van der Waals surface area contributed by atoms with Gasteiger partial charge in [-0.25, -0.2) is 9.97 Å². The number of hydrogen-bond acceptors (Lipinski definition) is 5. The highest BCUT2D eigenvalue weighted by atomic mass is 16.1. The van der Waals surface area contributed by atoms with E-state index in [4.69, 9.17) is 0 Å². The number of pyridine rings is 2. The van der Waals surface area contributed by atoms with E-state index in [9.17, 15) is 0 Å². The quantitative estimate of drug-likeness (QED) is 0.188. The summed E-state index contributed by atoms with van der Waals surface area (Å²) < 4.78 is 4.47. The van der Waals surface area contributed by atoms with Gasteiger partial charge in [0.1, 0.15) is 11.3 Å². The summed E-state index contributed by atoms with van der Waals surface area (Å²) in [6.07, 6.45) is 18.6. The van der Waals surface area contributed by atoms with Crippen LogP contribution in [0.3, 0.4) is 0 Å². The van der Waals surface area contributed by atoms with Crippen molar-refractivity contribution in [2.45, 2.75) is 38.0 Å². The van der Waals surface area contributed by atoms with Gasteiger partial charge >= 0.3 is 0 Å². The predicted molar refractivity (Wildman–Crippen MR) is 182 cm³/mol. The van der Waals surface area contributed by atoms with Crippen LogP contribution in [0, 0.1) is 0 Å². The molecule has 9 nitrogen and oxygen atoms in total. The van der Waals surface area contributed by atoms with Crippen molar-refractivity contribution in [1.82, 2.24) is 38.9 Å². The summed E-state index contributed by atoms with van der Waals surface area (Å²) in [6, 6.07) is 20.2. The Hall–Kier alpha value is -4.99. The normalized spacial score (nSPS) is 17.2. The maximum Gasteiger partial charge on any atom is 0.170 e. The number of fused-ring (bicyclic) bond motifs is 2. The zero-order valence-corrected chi connectivity index (χ0v) is 25.8. The smallest absolute Gasteiger partial charge is 0.170 e. The van der Waals surface area contributed by atoms with Gasteiger partial charge in [0.25, 0.3) is 0 Å². The number of nitrogens with one attached hydrogen (secondary N) is 2. The molecule has 9 heteroatoms. The molecule has 2 N–H and O–H groups in total. The Morgan fingerprint density at radius 1 is 0.674 bits per heavy atom. The Kier molecular flexibility index (Phi) is 7.69. The van der Waals surface area contributed by atoms with E-state index >= 15 is 4.79 Å². The topological polar surface area (TPSA) is 90.8 Å². The molecule has 2 atom stereocenters. The molecule has 8 rings (SSSR count). The van der Waals surface area contributed by atoms with E-state index < -0.39 is 0 Å². The minimum absolute atomic E-state index is 0.265. The van der Waals surface area contributed by atoms with Crippen LogP contribution in [0.2, 0.25) is 0 Å². The second-order valence-corrected chi connectivity index (χ2v) is 12.3. The van der Waals surface area contributed by atoms with Crippen molar-refractivity contribution in [1.29, 1.82) is 0 Å². The minimum Gasteiger partial charge on any atom is -0.344 e. The molecular weight excluding hydrogens is 572 g/mol. The van der Waals surface area contributed by atoms with Crippen LogP contribution in [0.4, 0.5) is 0 Å². The van der Waals surface area contributed by atoms with Crippen molar-refractivity contribution in [3.63, 3.8) is 0 Å². The molecule has 0 fully saturated rings. The van der Waals surface area contributed by atoms with Crippen LogP contribution in [0.5, 0.6) is 0 Å². The third kappa shape index (κ3) is 5.52. The monoisotopic (exact) mass is 610 g/mol. The minimum atomic E-state index is -0.286. The number of rotatable bonds is 10. The van der Waals surface area contributed by atoms with Crippen molar-refractivity contribution in [2.24, 2.45) is 0 Å². The highest BCUT2D eigenvalue weighted by Gasteiger charge is 2.36. The Labute approximate surface area is 267 Å². The number of aromatic nitrogens is 6. The molecule has 0 saturated heterocycles. The number of ketones is 1. The zero-order valence-electron chi connectivity index (χ0n) is 25.8. The fourth-order valence-corrected chi connectivity index (χ4v) is 7.08. The van der Waals surface area contributed by atoms with E-state index in [1.54, 1.807) is 12.4 Å². The van der Waals surface area contributed by atoms with Crippen LogP contribution in [0.25, 0.3) is 44.8 Å². The summed E-state index contributed by atoms with van der Waals surface area (Å²) in [4.78, 5) is 35.8. The van der Waals surface area contributed by atoms with Gasteiger partial charge in [-0.1, -0.05) is 24.3 Å². The predicted octanol–water partition coefficient (Wildman–Crippen LogP) is 5.91. The largest absolute Gasteiger partial charge is 0.344 e. The molecule has 0 aromatic carbocycles. The molecular formula is C37H38N8O. The molecule has 6 aromatic rings. The molecule has 0 aliphatic carbocycles. The van der Waals surface area contributed by atoms with E-state index in [0.29, 0.717) is 13.1 Å². The van der Waals surface area contributed by atoms with Crippen molar-refractivity contribution >= 4 is 27.9 Å². The van der Waals surface area contributed by atoms with E-state index in [2.05, 4.69) is 124 Å². The number of hydrogen-bond donors (Lipinski definition) is 2. The second kappa shape index (κ2) is 12.4. The average molecular weight is 611 g/mol. The lowest BCUT2D eigenvalue weighted by atomic mass is 9.98. The molecule has 46 heavy (non-hydrogen) atoms. The molecule has 0 bridgehead atoms. The third-order valence-corrected chi connectivity index (χ3v) is 9.45. The van der Waals surface area contributed by atoms with E-state index in [-0.39, 0.29) is 17.9 Å². The number of carbonyl (C=O) groups is 1. The molecule has 6 aromatic heterocycles. The number of aromatic amines is 2. The number of carbonyl (C=O) groups excluding carboxylic acids is 1. The molecule has 2 aliphatic rings. The van der Waals surface area contributed by atoms with Gasteiger partial charge in [0.2, 0.25) is 0 Å². The Morgan fingerprint density at radius 3 is 1.61 bits per heavy atom. The molecule has 2 aliphatic heterocycles. The first-order valence-electron chi connectivity index (χ1n) is 16.2. The maximum absolute atomic E-state index is 15.1. The lowest BCUT2D eigenvalue weighted by molar-refractivity contribution is -0.130. The van der Waals surface area contributed by atoms with E-state index in [1.807, 2.05) is 12.1 Å². The van der Waals surface area contributed by atoms with Gasteiger partial charge in [-0.3, -0.25) is 14.6 Å². The highest BCUT2D eigenvalue weighted by Crippen LogP contribution is 2.28. The van der Waals surface area contributed by atoms with Crippen molar-refractivity contribution < 1.29 is 4.79 Å². The first kappa shape index (κ1) is 28.5. The summed E-state index contributed by atoms with van der Waals surface area (Å²) in [7, 11) is 0. The van der Waals surface area contributed by atoms with Crippen LogP contribution in [-0.4, -0.2) is 82.9 Å². The Balaban J connectivity index is 1.14. The second-order valence-electron chi connectivity index (χ2n) is 12.3. The van der Waals surface area contributed by atoms with Gasteiger partial charge in [0, 0.05) is 74.8 Å². The molecule has 0 spiro atoms. The third-order valence-electron chi connectivity index (χ3n) is 9.45. The van der Waals surface area contributed by atoms with E-state index in [0.717, 1.165) is 83.9 Å². The molecule has 0 radical (unpaired) electrons. The maximum atomic E-state index is 15.1. The van der Waals surface area contributed by atoms with Crippen LogP contribution in [-0.2, 0) is 17.9 Å². The number of H-pyrrole nitrogens is 2. The molecule has 2 unspecified atom stereocenters. The molecule has 8 heterocycles.